The second kappa shape index (κ2) is 8.05. The molecule has 1 fully saturated rings. The second-order valence-electron chi connectivity index (χ2n) is 8.11. The Morgan fingerprint density at radius 3 is 2.77 bits per heavy atom. The van der Waals surface area contributed by atoms with Gasteiger partial charge >= 0.3 is 0 Å². The number of amides is 1. The van der Waals surface area contributed by atoms with Crippen LogP contribution >= 0.6 is 0 Å². The lowest BCUT2D eigenvalue weighted by atomic mass is 10.1. The van der Waals surface area contributed by atoms with E-state index in [0.29, 0.717) is 37.0 Å². The first kappa shape index (κ1) is 19.6. The molecule has 3 aromatic rings. The predicted molar refractivity (Wildman–Crippen MR) is 116 cm³/mol. The first-order valence-electron chi connectivity index (χ1n) is 10.7. The Morgan fingerprint density at radius 2 is 1.97 bits per heavy atom. The zero-order chi connectivity index (χ0) is 21.4. The number of fused-ring (bicyclic) bond motifs is 2. The molecule has 0 bridgehead atoms. The van der Waals surface area contributed by atoms with Gasteiger partial charge in [0, 0.05) is 44.8 Å². The van der Waals surface area contributed by atoms with E-state index >= 15 is 0 Å². The van der Waals surface area contributed by atoms with Crippen molar-refractivity contribution in [2.45, 2.75) is 32.9 Å². The average Bonchev–Trinajstić information content (AvgIpc) is 3.22. The van der Waals surface area contributed by atoms with Gasteiger partial charge in [0.2, 0.25) is 11.8 Å². The summed E-state index contributed by atoms with van der Waals surface area (Å²) in [6.45, 7) is 8.17. The lowest BCUT2D eigenvalue weighted by molar-refractivity contribution is 0.0740. The fraction of sp³-hybridized carbons (Fsp3) is 0.455. The largest absolute Gasteiger partial charge is 0.477 e. The van der Waals surface area contributed by atoms with Crippen molar-refractivity contribution in [2.24, 2.45) is 0 Å². The third kappa shape index (κ3) is 3.75. The first-order valence-corrected chi connectivity index (χ1v) is 10.7. The molecule has 1 aromatic carbocycles. The van der Waals surface area contributed by atoms with E-state index in [1.807, 2.05) is 24.8 Å². The molecule has 162 valence electrons. The number of ether oxygens (including phenoxy) is 2. The van der Waals surface area contributed by atoms with Gasteiger partial charge in [-0.1, -0.05) is 0 Å². The Balaban J connectivity index is 1.31. The number of anilines is 1. The SMILES string of the molecule is CC(C)Oc1ncnc2ccc(N3CCN(C(=O)c4cnn5c4OCCC5)CC3)cc12. The number of aryl methyl sites for hydroxylation is 1. The summed E-state index contributed by atoms with van der Waals surface area (Å²) in [6.07, 6.45) is 4.12. The number of rotatable bonds is 4. The Labute approximate surface area is 180 Å². The van der Waals surface area contributed by atoms with Crippen molar-refractivity contribution < 1.29 is 14.3 Å². The van der Waals surface area contributed by atoms with Crippen molar-refractivity contribution in [1.82, 2.24) is 24.6 Å². The fourth-order valence-corrected chi connectivity index (χ4v) is 4.09. The molecule has 5 rings (SSSR count). The van der Waals surface area contributed by atoms with Crippen LogP contribution in [0.4, 0.5) is 5.69 Å². The number of nitrogens with zero attached hydrogens (tertiary/aromatic N) is 6. The van der Waals surface area contributed by atoms with Crippen LogP contribution in [0.2, 0.25) is 0 Å². The summed E-state index contributed by atoms with van der Waals surface area (Å²) in [5, 5.41) is 5.20. The first-order chi connectivity index (χ1) is 15.1. The molecule has 31 heavy (non-hydrogen) atoms. The standard InChI is InChI=1S/C22H26N6O3/c1-15(2)31-20-17-12-16(4-5-19(17)23-14-24-20)26-7-9-27(10-8-26)21(29)18-13-25-28-6-3-11-30-22(18)28/h4-5,12-15H,3,6-11H2,1-2H3. The minimum absolute atomic E-state index is 0.0117. The quantitative estimate of drug-likeness (QED) is 0.638. The van der Waals surface area contributed by atoms with Crippen LogP contribution in [-0.4, -0.2) is 69.4 Å². The van der Waals surface area contributed by atoms with E-state index in [4.69, 9.17) is 9.47 Å². The Hall–Kier alpha value is -3.36. The third-order valence-corrected chi connectivity index (χ3v) is 5.64. The van der Waals surface area contributed by atoms with Gasteiger partial charge in [-0.25, -0.2) is 14.6 Å². The lowest BCUT2D eigenvalue weighted by Crippen LogP contribution is -2.48. The summed E-state index contributed by atoms with van der Waals surface area (Å²) < 4.78 is 13.3. The fourth-order valence-electron chi connectivity index (χ4n) is 4.09. The van der Waals surface area contributed by atoms with E-state index in [-0.39, 0.29) is 12.0 Å². The maximum Gasteiger partial charge on any atom is 0.261 e. The van der Waals surface area contributed by atoms with Crippen molar-refractivity contribution >= 4 is 22.5 Å². The summed E-state index contributed by atoms with van der Waals surface area (Å²) in [4.78, 5) is 25.9. The second-order valence-corrected chi connectivity index (χ2v) is 8.11. The number of hydrogen-bond acceptors (Lipinski definition) is 7. The predicted octanol–water partition coefficient (Wildman–Crippen LogP) is 2.36. The van der Waals surface area contributed by atoms with Gasteiger partial charge in [0.15, 0.2) is 0 Å². The Bertz CT molecular complexity index is 1100. The summed E-state index contributed by atoms with van der Waals surface area (Å²) in [5.74, 6) is 1.19. The lowest BCUT2D eigenvalue weighted by Gasteiger charge is -2.36. The van der Waals surface area contributed by atoms with Gasteiger partial charge in [0.25, 0.3) is 5.91 Å². The number of carbonyl (C=O) groups is 1. The van der Waals surface area contributed by atoms with Crippen LogP contribution in [0, 0.1) is 0 Å². The van der Waals surface area contributed by atoms with E-state index in [2.05, 4.69) is 32.1 Å². The van der Waals surface area contributed by atoms with E-state index in [0.717, 1.165) is 42.6 Å². The Morgan fingerprint density at radius 1 is 1.13 bits per heavy atom. The number of benzene rings is 1. The summed E-state index contributed by atoms with van der Waals surface area (Å²) in [6, 6.07) is 6.13. The van der Waals surface area contributed by atoms with Crippen LogP contribution in [0.3, 0.4) is 0 Å². The molecule has 4 heterocycles. The molecule has 2 aromatic heterocycles. The zero-order valence-electron chi connectivity index (χ0n) is 17.8. The molecule has 0 atom stereocenters. The highest BCUT2D eigenvalue weighted by molar-refractivity contribution is 5.96. The molecule has 0 N–H and O–H groups in total. The number of piperazine rings is 1. The van der Waals surface area contributed by atoms with Gasteiger partial charge < -0.3 is 19.3 Å². The Kier molecular flexibility index (Phi) is 5.09. The van der Waals surface area contributed by atoms with Gasteiger partial charge in [-0.3, -0.25) is 4.79 Å². The van der Waals surface area contributed by atoms with E-state index in [1.54, 1.807) is 10.9 Å². The van der Waals surface area contributed by atoms with Gasteiger partial charge in [-0.2, -0.15) is 5.10 Å². The van der Waals surface area contributed by atoms with Crippen molar-refractivity contribution in [3.05, 3.63) is 36.3 Å². The summed E-state index contributed by atoms with van der Waals surface area (Å²) >= 11 is 0. The number of aromatic nitrogens is 4. The molecule has 0 spiro atoms. The van der Waals surface area contributed by atoms with Crippen LogP contribution < -0.4 is 14.4 Å². The maximum absolute atomic E-state index is 13.0. The van der Waals surface area contributed by atoms with Crippen molar-refractivity contribution in [3.63, 3.8) is 0 Å². The molecule has 0 unspecified atom stereocenters. The molecular formula is C22H26N6O3. The molecular weight excluding hydrogens is 396 g/mol. The van der Waals surface area contributed by atoms with E-state index < -0.39 is 0 Å². The van der Waals surface area contributed by atoms with Crippen molar-refractivity contribution in [3.8, 4) is 11.8 Å². The number of carbonyl (C=O) groups excluding carboxylic acids is 1. The van der Waals surface area contributed by atoms with Crippen molar-refractivity contribution in [2.75, 3.05) is 37.7 Å². The molecule has 0 saturated carbocycles. The zero-order valence-corrected chi connectivity index (χ0v) is 17.8. The topological polar surface area (TPSA) is 85.6 Å². The molecule has 2 aliphatic rings. The van der Waals surface area contributed by atoms with Gasteiger partial charge in [-0.05, 0) is 32.0 Å². The van der Waals surface area contributed by atoms with Crippen LogP contribution in [-0.2, 0) is 6.54 Å². The van der Waals surface area contributed by atoms with E-state index in [1.165, 1.54) is 6.33 Å². The van der Waals surface area contributed by atoms with Crippen LogP contribution in [0.25, 0.3) is 10.9 Å². The third-order valence-electron chi connectivity index (χ3n) is 5.64. The highest BCUT2D eigenvalue weighted by atomic mass is 16.5. The normalized spacial score (nSPS) is 16.4. The molecule has 9 nitrogen and oxygen atoms in total. The monoisotopic (exact) mass is 422 g/mol. The van der Waals surface area contributed by atoms with Gasteiger partial charge in [0.1, 0.15) is 11.9 Å². The van der Waals surface area contributed by atoms with Crippen LogP contribution in [0.1, 0.15) is 30.6 Å². The van der Waals surface area contributed by atoms with Gasteiger partial charge in [0.05, 0.1) is 29.8 Å². The molecule has 1 amide bonds. The average molecular weight is 422 g/mol. The minimum Gasteiger partial charge on any atom is -0.477 e. The minimum atomic E-state index is -0.0117. The van der Waals surface area contributed by atoms with Crippen LogP contribution in [0.5, 0.6) is 11.8 Å². The number of hydrogen-bond donors (Lipinski definition) is 0. The molecule has 2 aliphatic heterocycles. The molecule has 9 heteroatoms. The highest BCUT2D eigenvalue weighted by Crippen LogP contribution is 2.29. The molecule has 0 radical (unpaired) electrons. The van der Waals surface area contributed by atoms with E-state index in [9.17, 15) is 4.79 Å². The highest BCUT2D eigenvalue weighted by Gasteiger charge is 2.28. The van der Waals surface area contributed by atoms with Crippen LogP contribution in [0.15, 0.2) is 30.7 Å². The van der Waals surface area contributed by atoms with Gasteiger partial charge in [-0.15, -0.1) is 0 Å². The summed E-state index contributed by atoms with van der Waals surface area (Å²) in [5.41, 5.74) is 2.50. The maximum atomic E-state index is 13.0. The molecule has 1 saturated heterocycles. The smallest absolute Gasteiger partial charge is 0.261 e. The molecule has 0 aliphatic carbocycles. The van der Waals surface area contributed by atoms with Crippen molar-refractivity contribution in [1.29, 1.82) is 0 Å². The summed E-state index contributed by atoms with van der Waals surface area (Å²) in [7, 11) is 0.